The Morgan fingerprint density at radius 1 is 1.46 bits per heavy atom. The summed E-state index contributed by atoms with van der Waals surface area (Å²) >= 11 is 1.73. The Morgan fingerprint density at radius 2 is 2.31 bits per heavy atom. The number of ether oxygens (including phenoxy) is 1. The summed E-state index contributed by atoms with van der Waals surface area (Å²) in [7, 11) is 1.66. The highest BCUT2D eigenvalue weighted by molar-refractivity contribution is 7.99. The summed E-state index contributed by atoms with van der Waals surface area (Å²) in [6, 6.07) is 7.95. The van der Waals surface area contributed by atoms with Crippen LogP contribution in [-0.4, -0.2) is 24.6 Å². The van der Waals surface area contributed by atoms with Crippen LogP contribution in [0.3, 0.4) is 0 Å². The van der Waals surface area contributed by atoms with Crippen LogP contribution in [-0.2, 0) is 0 Å². The first-order chi connectivity index (χ1) is 6.36. The Balaban J connectivity index is 2.46. The zero-order valence-electron chi connectivity index (χ0n) is 7.69. The molecule has 0 aliphatic carbocycles. The van der Waals surface area contributed by atoms with Crippen LogP contribution in [0.25, 0.3) is 0 Å². The zero-order valence-corrected chi connectivity index (χ0v) is 8.51. The van der Waals surface area contributed by atoms with Gasteiger partial charge in [0.1, 0.15) is 5.75 Å². The summed E-state index contributed by atoms with van der Waals surface area (Å²) in [5.74, 6) is 1.83. The predicted molar refractivity (Wildman–Crippen MR) is 55.4 cm³/mol. The van der Waals surface area contributed by atoms with E-state index in [1.807, 2.05) is 24.3 Å². The van der Waals surface area contributed by atoms with Gasteiger partial charge in [0.25, 0.3) is 0 Å². The second-order valence-electron chi connectivity index (χ2n) is 2.60. The van der Waals surface area contributed by atoms with Crippen LogP contribution >= 0.6 is 11.8 Å². The van der Waals surface area contributed by atoms with Crippen molar-refractivity contribution in [2.45, 2.75) is 11.3 Å². The number of hydrogen-bond acceptors (Lipinski definition) is 3. The van der Waals surface area contributed by atoms with E-state index in [9.17, 15) is 0 Å². The Bertz CT molecular complexity index is 250. The second-order valence-corrected chi connectivity index (χ2v) is 3.77. The number of aliphatic hydroxyl groups is 1. The molecule has 72 valence electrons. The molecule has 0 aliphatic heterocycles. The first-order valence-electron chi connectivity index (χ1n) is 4.24. The smallest absolute Gasteiger partial charge is 0.119 e. The first-order valence-corrected chi connectivity index (χ1v) is 5.23. The number of aliphatic hydroxyl groups excluding tert-OH is 1. The van der Waals surface area contributed by atoms with Crippen molar-refractivity contribution in [3.63, 3.8) is 0 Å². The summed E-state index contributed by atoms with van der Waals surface area (Å²) in [5, 5.41) is 8.61. The number of benzene rings is 1. The highest BCUT2D eigenvalue weighted by atomic mass is 32.2. The van der Waals surface area contributed by atoms with Gasteiger partial charge in [0.15, 0.2) is 0 Å². The number of methoxy groups -OCH3 is 1. The van der Waals surface area contributed by atoms with Gasteiger partial charge in [0, 0.05) is 17.3 Å². The molecule has 0 bridgehead atoms. The fraction of sp³-hybridized carbons (Fsp3) is 0.400. The molecule has 0 saturated heterocycles. The van der Waals surface area contributed by atoms with Crippen LogP contribution < -0.4 is 4.74 Å². The third kappa shape index (κ3) is 3.70. The molecule has 3 heteroatoms. The molecule has 1 aromatic carbocycles. The average Bonchev–Trinajstić information content (AvgIpc) is 2.19. The molecule has 0 unspecified atom stereocenters. The van der Waals surface area contributed by atoms with Gasteiger partial charge >= 0.3 is 0 Å². The standard InChI is InChI=1S/C10H14O2S/c1-12-9-4-2-5-10(8-9)13-7-3-6-11/h2,4-5,8,11H,3,6-7H2,1H3. The van der Waals surface area contributed by atoms with Crippen molar-refractivity contribution in [1.82, 2.24) is 0 Å². The first kappa shape index (κ1) is 10.4. The maximum atomic E-state index is 8.61. The summed E-state index contributed by atoms with van der Waals surface area (Å²) in [6.45, 7) is 0.261. The Labute approximate surface area is 82.9 Å². The molecule has 13 heavy (non-hydrogen) atoms. The van der Waals surface area contributed by atoms with Crippen LogP contribution in [0.5, 0.6) is 5.75 Å². The third-order valence-electron chi connectivity index (χ3n) is 1.61. The summed E-state index contributed by atoms with van der Waals surface area (Å²) < 4.78 is 5.10. The van der Waals surface area contributed by atoms with Crippen molar-refractivity contribution < 1.29 is 9.84 Å². The minimum absolute atomic E-state index is 0.261. The predicted octanol–water partition coefficient (Wildman–Crippen LogP) is 2.17. The van der Waals surface area contributed by atoms with Crippen molar-refractivity contribution in [2.75, 3.05) is 19.5 Å². The van der Waals surface area contributed by atoms with Crippen LogP contribution in [0, 0.1) is 0 Å². The molecule has 2 nitrogen and oxygen atoms in total. The van der Waals surface area contributed by atoms with E-state index in [0.717, 1.165) is 17.9 Å². The number of rotatable bonds is 5. The second kappa shape index (κ2) is 5.89. The zero-order chi connectivity index (χ0) is 9.52. The van der Waals surface area contributed by atoms with Crippen LogP contribution in [0.1, 0.15) is 6.42 Å². The van der Waals surface area contributed by atoms with E-state index in [-0.39, 0.29) is 6.61 Å². The van der Waals surface area contributed by atoms with E-state index in [1.165, 1.54) is 4.90 Å². The fourth-order valence-corrected chi connectivity index (χ4v) is 1.83. The van der Waals surface area contributed by atoms with E-state index in [2.05, 4.69) is 0 Å². The molecule has 0 spiro atoms. The molecule has 0 fully saturated rings. The van der Waals surface area contributed by atoms with Gasteiger partial charge in [-0.15, -0.1) is 11.8 Å². The Morgan fingerprint density at radius 3 is 3.00 bits per heavy atom. The van der Waals surface area contributed by atoms with Gasteiger partial charge in [-0.1, -0.05) is 6.07 Å². The van der Waals surface area contributed by atoms with E-state index < -0.39 is 0 Å². The molecule has 0 amide bonds. The van der Waals surface area contributed by atoms with E-state index in [0.29, 0.717) is 0 Å². The molecule has 1 N–H and O–H groups in total. The van der Waals surface area contributed by atoms with Crippen molar-refractivity contribution in [3.05, 3.63) is 24.3 Å². The molecule has 1 aromatic rings. The highest BCUT2D eigenvalue weighted by Crippen LogP contribution is 2.22. The molecular formula is C10H14O2S. The van der Waals surface area contributed by atoms with E-state index >= 15 is 0 Å². The normalized spacial score (nSPS) is 10.0. The average molecular weight is 198 g/mol. The molecular weight excluding hydrogens is 184 g/mol. The van der Waals surface area contributed by atoms with Gasteiger partial charge in [-0.05, 0) is 24.6 Å². The Kier molecular flexibility index (Phi) is 4.72. The lowest BCUT2D eigenvalue weighted by molar-refractivity contribution is 0.296. The van der Waals surface area contributed by atoms with Crippen molar-refractivity contribution in [1.29, 1.82) is 0 Å². The lowest BCUT2D eigenvalue weighted by Gasteiger charge is -2.03. The topological polar surface area (TPSA) is 29.5 Å². The highest BCUT2D eigenvalue weighted by Gasteiger charge is 1.95. The largest absolute Gasteiger partial charge is 0.497 e. The lowest BCUT2D eigenvalue weighted by atomic mass is 10.3. The van der Waals surface area contributed by atoms with Gasteiger partial charge in [0.2, 0.25) is 0 Å². The fourth-order valence-electron chi connectivity index (χ4n) is 0.946. The molecule has 0 radical (unpaired) electrons. The minimum Gasteiger partial charge on any atom is -0.497 e. The lowest BCUT2D eigenvalue weighted by Crippen LogP contribution is -1.86. The van der Waals surface area contributed by atoms with Crippen LogP contribution in [0.4, 0.5) is 0 Å². The van der Waals surface area contributed by atoms with Crippen molar-refractivity contribution in [2.24, 2.45) is 0 Å². The van der Waals surface area contributed by atoms with Gasteiger partial charge in [-0.2, -0.15) is 0 Å². The number of hydrogen-bond donors (Lipinski definition) is 1. The SMILES string of the molecule is COc1cccc(SCCCO)c1. The quantitative estimate of drug-likeness (QED) is 0.581. The maximum Gasteiger partial charge on any atom is 0.119 e. The molecule has 0 saturated carbocycles. The van der Waals surface area contributed by atoms with Gasteiger partial charge in [-0.3, -0.25) is 0 Å². The Hall–Kier alpha value is -0.670. The summed E-state index contributed by atoms with van der Waals surface area (Å²) in [5.41, 5.74) is 0. The van der Waals surface area contributed by atoms with Crippen molar-refractivity contribution in [3.8, 4) is 5.75 Å². The van der Waals surface area contributed by atoms with Gasteiger partial charge < -0.3 is 9.84 Å². The van der Waals surface area contributed by atoms with Gasteiger partial charge in [-0.25, -0.2) is 0 Å². The molecule has 0 aliphatic rings. The van der Waals surface area contributed by atoms with E-state index in [1.54, 1.807) is 18.9 Å². The monoisotopic (exact) mass is 198 g/mol. The van der Waals surface area contributed by atoms with Crippen molar-refractivity contribution >= 4 is 11.8 Å². The summed E-state index contributed by atoms with van der Waals surface area (Å²) in [6.07, 6.45) is 0.835. The molecule has 1 rings (SSSR count). The minimum atomic E-state index is 0.261. The van der Waals surface area contributed by atoms with Crippen LogP contribution in [0.15, 0.2) is 29.2 Å². The summed E-state index contributed by atoms with van der Waals surface area (Å²) in [4.78, 5) is 1.19. The number of thioether (sulfide) groups is 1. The van der Waals surface area contributed by atoms with Gasteiger partial charge in [0.05, 0.1) is 7.11 Å². The maximum absolute atomic E-state index is 8.61. The van der Waals surface area contributed by atoms with E-state index in [4.69, 9.17) is 9.84 Å². The van der Waals surface area contributed by atoms with Crippen LogP contribution in [0.2, 0.25) is 0 Å². The molecule has 0 heterocycles. The molecule has 0 aromatic heterocycles. The molecule has 0 atom stereocenters. The third-order valence-corrected chi connectivity index (χ3v) is 2.69.